The standard InChI is InChI=1S/C38H45N3O7/c1-47-33-20-23(19-32(45)36(33)46)8-11-29(42)35(30(43)12-9-24-10-13-31(44)37-28(24)7-4-18-48-37)38(26-14-17-41-34(39)22-26)15-2-5-25(38)21-27-6-3-16-40-27/h3,6,10,13-14,16-17,19-20,22,25,30,35,40,43-46H,2,4-5,7-9,11-12,15,18,21H2,1H3,(H2,39,41). The Hall–Kier alpha value is -4.70. The van der Waals surface area contributed by atoms with Crippen LogP contribution in [0.3, 0.4) is 0 Å². The second kappa shape index (κ2) is 14.2. The van der Waals surface area contributed by atoms with E-state index in [1.54, 1.807) is 18.3 Å². The number of carbonyl (C=O) groups excluding carboxylic acids is 1. The number of nitrogens with zero attached hydrogens (tertiary/aromatic N) is 1. The van der Waals surface area contributed by atoms with Crippen LogP contribution in [0.25, 0.3) is 0 Å². The zero-order valence-corrected chi connectivity index (χ0v) is 27.3. The van der Waals surface area contributed by atoms with Crippen molar-refractivity contribution in [3.8, 4) is 28.7 Å². The predicted molar refractivity (Wildman–Crippen MR) is 182 cm³/mol. The molecule has 6 rings (SSSR count). The second-order valence-corrected chi connectivity index (χ2v) is 13.2. The Morgan fingerprint density at radius 3 is 2.75 bits per heavy atom. The average molecular weight is 656 g/mol. The second-order valence-electron chi connectivity index (χ2n) is 13.2. The summed E-state index contributed by atoms with van der Waals surface area (Å²) in [6.07, 6.45) is 8.61. The molecule has 48 heavy (non-hydrogen) atoms. The zero-order valence-electron chi connectivity index (χ0n) is 27.3. The number of methoxy groups -OCH3 is 1. The Balaban J connectivity index is 1.38. The summed E-state index contributed by atoms with van der Waals surface area (Å²) in [5.41, 5.74) is 10.1. The van der Waals surface area contributed by atoms with Gasteiger partial charge in [0.15, 0.2) is 23.0 Å². The Kier molecular flexibility index (Phi) is 9.82. The van der Waals surface area contributed by atoms with E-state index >= 15 is 0 Å². The Morgan fingerprint density at radius 1 is 1.12 bits per heavy atom. The lowest BCUT2D eigenvalue weighted by Crippen LogP contribution is -2.49. The van der Waals surface area contributed by atoms with Crippen LogP contribution in [0.5, 0.6) is 28.7 Å². The summed E-state index contributed by atoms with van der Waals surface area (Å²) in [6.45, 7) is 0.549. The van der Waals surface area contributed by atoms with Gasteiger partial charge in [-0.05, 0) is 116 Å². The molecule has 2 aliphatic rings. The molecule has 0 amide bonds. The van der Waals surface area contributed by atoms with Crippen LogP contribution in [-0.4, -0.2) is 56.0 Å². The Bertz CT molecular complexity index is 1740. The van der Waals surface area contributed by atoms with Gasteiger partial charge < -0.3 is 40.6 Å². The van der Waals surface area contributed by atoms with Crippen molar-refractivity contribution in [2.45, 2.75) is 75.7 Å². The molecule has 2 aromatic carbocycles. The van der Waals surface area contributed by atoms with Gasteiger partial charge in [0.05, 0.1) is 25.7 Å². The van der Waals surface area contributed by atoms with E-state index in [0.717, 1.165) is 48.1 Å². The third-order valence-corrected chi connectivity index (χ3v) is 10.5. The van der Waals surface area contributed by atoms with Gasteiger partial charge in [-0.25, -0.2) is 4.98 Å². The summed E-state index contributed by atoms with van der Waals surface area (Å²) in [6, 6.07) is 14.4. The van der Waals surface area contributed by atoms with Gasteiger partial charge in [0.2, 0.25) is 5.75 Å². The number of aliphatic hydroxyl groups excluding tert-OH is 1. The number of hydrogen-bond acceptors (Lipinski definition) is 9. The molecule has 2 aromatic heterocycles. The van der Waals surface area contributed by atoms with Crippen LogP contribution in [-0.2, 0) is 35.9 Å². The molecule has 0 saturated heterocycles. The monoisotopic (exact) mass is 655 g/mol. The van der Waals surface area contributed by atoms with E-state index in [1.807, 2.05) is 30.5 Å². The minimum Gasteiger partial charge on any atom is -0.504 e. The summed E-state index contributed by atoms with van der Waals surface area (Å²) >= 11 is 0. The number of pyridine rings is 1. The fourth-order valence-electron chi connectivity index (χ4n) is 8.29. The number of ketones is 1. The number of H-pyrrole nitrogens is 1. The van der Waals surface area contributed by atoms with Crippen molar-refractivity contribution in [2.75, 3.05) is 19.5 Å². The van der Waals surface area contributed by atoms with Gasteiger partial charge in [-0.1, -0.05) is 12.5 Å². The minimum absolute atomic E-state index is 0.0363. The molecule has 0 bridgehead atoms. The molecule has 10 heteroatoms. The molecule has 1 aliphatic carbocycles. The van der Waals surface area contributed by atoms with E-state index in [4.69, 9.17) is 15.2 Å². The maximum absolute atomic E-state index is 14.7. The first kappa shape index (κ1) is 33.2. The Labute approximate surface area is 280 Å². The van der Waals surface area contributed by atoms with Crippen LogP contribution in [0.1, 0.15) is 66.5 Å². The number of nitrogens with one attached hydrogen (secondary N) is 1. The average Bonchev–Trinajstić information content (AvgIpc) is 3.76. The lowest BCUT2D eigenvalue weighted by molar-refractivity contribution is -0.131. The van der Waals surface area contributed by atoms with Crippen molar-refractivity contribution in [1.82, 2.24) is 9.97 Å². The minimum atomic E-state index is -0.993. The summed E-state index contributed by atoms with van der Waals surface area (Å²) < 4.78 is 11.0. The lowest BCUT2D eigenvalue weighted by Gasteiger charge is -2.45. The number of fused-ring (bicyclic) bond motifs is 1. The number of aryl methyl sites for hydroxylation is 2. The highest BCUT2D eigenvalue weighted by molar-refractivity contribution is 5.84. The number of phenolic OH excluding ortho intramolecular Hbond substituents is 3. The first-order valence-electron chi connectivity index (χ1n) is 16.8. The number of hydrogen-bond donors (Lipinski definition) is 6. The van der Waals surface area contributed by atoms with Crippen molar-refractivity contribution in [1.29, 1.82) is 0 Å². The van der Waals surface area contributed by atoms with E-state index in [9.17, 15) is 25.2 Å². The number of nitrogens with two attached hydrogens (primary N) is 1. The maximum atomic E-state index is 14.7. The molecule has 10 nitrogen and oxygen atoms in total. The topological polar surface area (TPSA) is 171 Å². The van der Waals surface area contributed by atoms with Gasteiger partial charge in [0, 0.05) is 35.5 Å². The van der Waals surface area contributed by atoms with E-state index < -0.39 is 17.4 Å². The molecule has 0 spiro atoms. The number of ether oxygens (including phenoxy) is 2. The first-order valence-corrected chi connectivity index (χ1v) is 16.8. The van der Waals surface area contributed by atoms with Crippen LogP contribution in [0.4, 0.5) is 5.82 Å². The van der Waals surface area contributed by atoms with Crippen LogP contribution in [0.2, 0.25) is 0 Å². The van der Waals surface area contributed by atoms with Gasteiger partial charge >= 0.3 is 0 Å². The highest BCUT2D eigenvalue weighted by Gasteiger charge is 2.54. The van der Waals surface area contributed by atoms with Crippen LogP contribution in [0.15, 0.2) is 60.9 Å². The maximum Gasteiger partial charge on any atom is 0.200 e. The third kappa shape index (κ3) is 6.54. The highest BCUT2D eigenvalue weighted by Crippen LogP contribution is 2.54. The van der Waals surface area contributed by atoms with Crippen molar-refractivity contribution in [3.05, 3.63) is 88.9 Å². The van der Waals surface area contributed by atoms with Crippen LogP contribution >= 0.6 is 0 Å². The summed E-state index contributed by atoms with van der Waals surface area (Å²) in [7, 11) is 1.40. The smallest absolute Gasteiger partial charge is 0.200 e. The molecule has 4 atom stereocenters. The van der Waals surface area contributed by atoms with E-state index in [0.29, 0.717) is 49.4 Å². The molecule has 254 valence electrons. The van der Waals surface area contributed by atoms with Crippen molar-refractivity contribution in [2.24, 2.45) is 11.8 Å². The van der Waals surface area contributed by atoms with Crippen molar-refractivity contribution in [3.63, 3.8) is 0 Å². The molecule has 3 heterocycles. The third-order valence-electron chi connectivity index (χ3n) is 10.5. The van der Waals surface area contributed by atoms with Gasteiger partial charge in [-0.2, -0.15) is 0 Å². The number of aliphatic hydroxyl groups is 1. The zero-order chi connectivity index (χ0) is 33.8. The fraction of sp³-hybridized carbons (Fsp3) is 0.421. The van der Waals surface area contributed by atoms with Crippen molar-refractivity contribution < 1.29 is 34.7 Å². The van der Waals surface area contributed by atoms with Crippen LogP contribution in [0, 0.1) is 11.8 Å². The lowest BCUT2D eigenvalue weighted by atomic mass is 9.59. The number of Topliss-reactive ketones (excluding diaryl/α,β-unsaturated/α-hetero) is 1. The van der Waals surface area contributed by atoms with Crippen LogP contribution < -0.4 is 15.2 Å². The first-order chi connectivity index (χ1) is 23.2. The van der Waals surface area contributed by atoms with E-state index in [2.05, 4.69) is 16.0 Å². The molecule has 1 fully saturated rings. The SMILES string of the molecule is COc1cc(CCC(=O)C(C(O)CCc2ccc(O)c3c2CCCO3)C2(c3ccnc(N)c3)CCCC2Cc2ccc[nH]2)cc(O)c1O. The molecule has 7 N–H and O–H groups in total. The largest absolute Gasteiger partial charge is 0.504 e. The number of nitrogen functional groups attached to an aromatic ring is 1. The molecular weight excluding hydrogens is 610 g/mol. The number of aromatic hydroxyl groups is 3. The molecule has 4 aromatic rings. The molecule has 1 saturated carbocycles. The number of carbonyl (C=O) groups is 1. The van der Waals surface area contributed by atoms with E-state index in [-0.39, 0.29) is 47.5 Å². The van der Waals surface area contributed by atoms with Gasteiger partial charge in [0.25, 0.3) is 0 Å². The molecular formula is C38H45N3O7. The fourth-order valence-corrected chi connectivity index (χ4v) is 8.29. The normalized spacial score (nSPS) is 20.1. The highest BCUT2D eigenvalue weighted by atomic mass is 16.5. The summed E-state index contributed by atoms with van der Waals surface area (Å²) in [5.74, 6) is -0.367. The van der Waals surface area contributed by atoms with Gasteiger partial charge in [0.1, 0.15) is 11.6 Å². The summed E-state index contributed by atoms with van der Waals surface area (Å²) in [5, 5.41) is 43.2. The number of rotatable bonds is 13. The molecule has 0 radical (unpaired) electrons. The van der Waals surface area contributed by atoms with Gasteiger partial charge in [-0.15, -0.1) is 0 Å². The summed E-state index contributed by atoms with van der Waals surface area (Å²) in [4.78, 5) is 22.3. The number of phenols is 3. The Morgan fingerprint density at radius 2 is 1.98 bits per heavy atom. The quantitative estimate of drug-likeness (QED) is 0.101. The number of aromatic nitrogens is 2. The molecule has 1 aliphatic heterocycles. The predicted octanol–water partition coefficient (Wildman–Crippen LogP) is 5.53. The van der Waals surface area contributed by atoms with Gasteiger partial charge in [-0.3, -0.25) is 4.79 Å². The van der Waals surface area contributed by atoms with E-state index in [1.165, 1.54) is 13.2 Å². The molecule has 4 unspecified atom stereocenters. The number of anilines is 1. The number of aromatic amines is 1. The number of benzene rings is 2. The van der Waals surface area contributed by atoms with Crippen molar-refractivity contribution >= 4 is 11.6 Å².